The van der Waals surface area contributed by atoms with Gasteiger partial charge < -0.3 is 24.8 Å². The van der Waals surface area contributed by atoms with E-state index in [-0.39, 0.29) is 6.61 Å². The van der Waals surface area contributed by atoms with Crippen LogP contribution in [0.3, 0.4) is 0 Å². The first-order chi connectivity index (χ1) is 9.32. The number of carboxylic acids is 1. The predicted octanol–water partition coefficient (Wildman–Crippen LogP) is 0.541. The molecule has 1 atom stereocenters. The van der Waals surface area contributed by atoms with Gasteiger partial charge >= 0.3 is 18.1 Å². The maximum absolute atomic E-state index is 10.6. The fourth-order valence-electron chi connectivity index (χ4n) is 1.11. The van der Waals surface area contributed by atoms with E-state index in [1.165, 1.54) is 0 Å². The Bertz CT molecular complexity index is 431. The van der Waals surface area contributed by atoms with Gasteiger partial charge in [-0.05, 0) is 13.0 Å². The predicted molar refractivity (Wildman–Crippen MR) is 58.0 cm³/mol. The molecule has 3 N–H and O–H groups in total. The van der Waals surface area contributed by atoms with Crippen LogP contribution in [0.5, 0.6) is 5.95 Å². The molecule has 0 bridgehead atoms. The van der Waals surface area contributed by atoms with Gasteiger partial charge in [-0.15, -0.1) is 0 Å². The summed E-state index contributed by atoms with van der Waals surface area (Å²) in [4.78, 5) is 8.90. The molecule has 0 aliphatic carbocycles. The quantitative estimate of drug-likeness (QED) is 0.745. The Morgan fingerprint density at radius 2 is 2.20 bits per heavy atom. The third-order valence-corrected chi connectivity index (χ3v) is 2.29. The molecule has 1 aromatic heterocycles. The Hall–Kier alpha value is -1.81. The molecule has 7 nitrogen and oxygen atoms in total. The summed E-state index contributed by atoms with van der Waals surface area (Å²) >= 11 is 0. The molecule has 0 saturated carbocycles. The molecule has 114 valence electrons. The van der Waals surface area contributed by atoms with Gasteiger partial charge in [-0.1, -0.05) is 5.16 Å². The number of rotatable bonds is 4. The summed E-state index contributed by atoms with van der Waals surface area (Å²) in [5, 5.41) is 22.6. The molecule has 20 heavy (non-hydrogen) atoms. The molecule has 2 rings (SSSR count). The molecule has 1 aliphatic heterocycles. The third-order valence-electron chi connectivity index (χ3n) is 2.29. The fraction of sp³-hybridized carbons (Fsp3) is 0.600. The van der Waals surface area contributed by atoms with Crippen molar-refractivity contribution < 1.29 is 37.4 Å². The Labute approximate surface area is 111 Å². The average molecular weight is 298 g/mol. The molecule has 10 heteroatoms. The highest BCUT2D eigenvalue weighted by Gasteiger charge is 2.38. The van der Waals surface area contributed by atoms with E-state index in [2.05, 4.69) is 10.5 Å². The van der Waals surface area contributed by atoms with Crippen LogP contribution in [0.25, 0.3) is 0 Å². The lowest BCUT2D eigenvalue weighted by Gasteiger charge is -2.26. The van der Waals surface area contributed by atoms with Gasteiger partial charge in [0.25, 0.3) is 0 Å². The summed E-state index contributed by atoms with van der Waals surface area (Å²) < 4.78 is 41.8. The normalized spacial score (nSPS) is 17.7. The smallest absolute Gasteiger partial charge is 0.475 e. The minimum atomic E-state index is -5.08. The van der Waals surface area contributed by atoms with Crippen LogP contribution in [0.2, 0.25) is 0 Å². The van der Waals surface area contributed by atoms with Crippen LogP contribution >= 0.6 is 0 Å². The lowest BCUT2D eigenvalue weighted by molar-refractivity contribution is -0.192. The van der Waals surface area contributed by atoms with Crippen molar-refractivity contribution in [1.82, 2.24) is 10.5 Å². The first kappa shape index (κ1) is 16.2. The average Bonchev–Trinajstić information content (AvgIpc) is 2.74. The number of hydrogen-bond donors (Lipinski definition) is 3. The second kappa shape index (κ2) is 7.10. The minimum absolute atomic E-state index is 0.117. The summed E-state index contributed by atoms with van der Waals surface area (Å²) in [5.74, 6) is -2.38. The summed E-state index contributed by atoms with van der Waals surface area (Å²) in [6.07, 6.45) is -3.94. The van der Waals surface area contributed by atoms with Crippen molar-refractivity contribution in [3.63, 3.8) is 0 Å². The van der Waals surface area contributed by atoms with Crippen molar-refractivity contribution >= 4 is 5.97 Å². The summed E-state index contributed by atoms with van der Waals surface area (Å²) in [6, 6.07) is 2.03. The minimum Gasteiger partial charge on any atom is -0.475 e. The van der Waals surface area contributed by atoms with Crippen molar-refractivity contribution in [2.45, 2.75) is 25.2 Å². The Balaban J connectivity index is 0.000000246. The highest BCUT2D eigenvalue weighted by Crippen LogP contribution is 2.14. The van der Waals surface area contributed by atoms with E-state index in [4.69, 9.17) is 24.3 Å². The van der Waals surface area contributed by atoms with E-state index >= 15 is 0 Å². The van der Waals surface area contributed by atoms with Gasteiger partial charge in [0.2, 0.25) is 0 Å². The number of aliphatic hydroxyl groups excluding tert-OH is 1. The van der Waals surface area contributed by atoms with Crippen molar-refractivity contribution in [3.8, 4) is 5.95 Å². The van der Waals surface area contributed by atoms with Gasteiger partial charge in [0.1, 0.15) is 12.3 Å². The zero-order chi connectivity index (χ0) is 15.2. The fourth-order valence-corrected chi connectivity index (χ4v) is 1.11. The number of carboxylic acid groups (broad SMARTS) is 1. The van der Waals surface area contributed by atoms with E-state index in [1.807, 2.05) is 0 Å². The number of ether oxygens (including phenoxy) is 1. The first-order valence-corrected chi connectivity index (χ1v) is 5.55. The number of alkyl halides is 3. The van der Waals surface area contributed by atoms with Gasteiger partial charge in [-0.25, -0.2) is 4.79 Å². The molecule has 1 fully saturated rings. The lowest BCUT2D eigenvalue weighted by atomic mass is 10.1. The van der Waals surface area contributed by atoms with E-state index < -0.39 is 12.1 Å². The number of carbonyl (C=O) groups is 1. The van der Waals surface area contributed by atoms with E-state index in [0.717, 1.165) is 13.0 Å². The summed E-state index contributed by atoms with van der Waals surface area (Å²) in [6.45, 7) is 1.54. The van der Waals surface area contributed by atoms with E-state index in [9.17, 15) is 13.2 Å². The Kier molecular flexibility index (Phi) is 5.77. The number of aromatic nitrogens is 1. The van der Waals surface area contributed by atoms with Gasteiger partial charge in [0, 0.05) is 12.1 Å². The third kappa shape index (κ3) is 5.45. The highest BCUT2D eigenvalue weighted by atomic mass is 19.4. The molecule has 1 aromatic rings. The van der Waals surface area contributed by atoms with Gasteiger partial charge in [0.15, 0.2) is 0 Å². The standard InChI is InChI=1S/C8H12N2O3.C2HF3O2/c11-4-7-3-8(13-10-7)12-5-6-1-2-9-6;3-2(4,5)1(6)7/h3,6,9,11H,1-2,4-5H2;(H,6,7)/t6-;/m0./s1. The molecule has 0 unspecified atom stereocenters. The number of halogens is 3. The number of hydrogen-bond acceptors (Lipinski definition) is 6. The molecule has 1 aliphatic rings. The van der Waals surface area contributed by atoms with Crippen LogP contribution in [0, 0.1) is 0 Å². The Morgan fingerprint density at radius 1 is 1.60 bits per heavy atom. The number of nitrogens with zero attached hydrogens (tertiary/aromatic N) is 1. The van der Waals surface area contributed by atoms with Crippen LogP contribution in [0.1, 0.15) is 12.1 Å². The van der Waals surface area contributed by atoms with Gasteiger partial charge in [-0.2, -0.15) is 13.2 Å². The monoisotopic (exact) mass is 298 g/mol. The lowest BCUT2D eigenvalue weighted by Crippen LogP contribution is -2.46. The SMILES string of the molecule is O=C(O)C(F)(F)F.OCc1cc(OC[C@@H]2CCN2)on1. The molecular weight excluding hydrogens is 285 g/mol. The zero-order valence-corrected chi connectivity index (χ0v) is 10.2. The van der Waals surface area contributed by atoms with Crippen LogP contribution in [0.4, 0.5) is 13.2 Å². The van der Waals surface area contributed by atoms with Crippen molar-refractivity contribution in [3.05, 3.63) is 11.8 Å². The molecule has 0 aromatic carbocycles. The van der Waals surface area contributed by atoms with Crippen molar-refractivity contribution in [2.24, 2.45) is 0 Å². The molecular formula is C10H13F3N2O5. The maximum Gasteiger partial charge on any atom is 0.490 e. The number of nitrogens with one attached hydrogen (secondary N) is 1. The van der Waals surface area contributed by atoms with Crippen LogP contribution in [0.15, 0.2) is 10.6 Å². The molecule has 0 radical (unpaired) electrons. The van der Waals surface area contributed by atoms with Crippen molar-refractivity contribution in [2.75, 3.05) is 13.2 Å². The molecule has 1 saturated heterocycles. The van der Waals surface area contributed by atoms with Crippen LogP contribution in [-0.4, -0.2) is 46.7 Å². The number of aliphatic carboxylic acids is 1. The molecule has 0 amide bonds. The van der Waals surface area contributed by atoms with Crippen molar-refractivity contribution in [1.29, 1.82) is 0 Å². The number of aliphatic hydroxyl groups is 1. The summed E-state index contributed by atoms with van der Waals surface area (Å²) in [5.41, 5.74) is 0.497. The zero-order valence-electron chi connectivity index (χ0n) is 10.2. The van der Waals surface area contributed by atoms with E-state index in [1.54, 1.807) is 6.07 Å². The molecule has 2 heterocycles. The topological polar surface area (TPSA) is 105 Å². The summed E-state index contributed by atoms with van der Waals surface area (Å²) in [7, 11) is 0. The largest absolute Gasteiger partial charge is 0.490 e. The highest BCUT2D eigenvalue weighted by molar-refractivity contribution is 5.73. The van der Waals surface area contributed by atoms with Gasteiger partial charge in [-0.3, -0.25) is 0 Å². The van der Waals surface area contributed by atoms with Crippen LogP contribution < -0.4 is 10.1 Å². The molecule has 0 spiro atoms. The van der Waals surface area contributed by atoms with Gasteiger partial charge in [0.05, 0.1) is 6.61 Å². The second-order valence-corrected chi connectivity index (χ2v) is 3.85. The Morgan fingerprint density at radius 3 is 2.55 bits per heavy atom. The van der Waals surface area contributed by atoms with E-state index in [0.29, 0.717) is 24.3 Å². The first-order valence-electron chi connectivity index (χ1n) is 5.55. The second-order valence-electron chi connectivity index (χ2n) is 3.85. The maximum atomic E-state index is 10.6. The van der Waals surface area contributed by atoms with Crippen LogP contribution in [-0.2, 0) is 11.4 Å².